The molecule has 2 heterocycles. The van der Waals surface area contributed by atoms with Gasteiger partial charge in [0.25, 0.3) is 0 Å². The molecule has 0 aliphatic carbocycles. The van der Waals surface area contributed by atoms with Crippen LogP contribution in [0.3, 0.4) is 0 Å². The van der Waals surface area contributed by atoms with E-state index in [1.807, 2.05) is 25.3 Å². The van der Waals surface area contributed by atoms with Crippen molar-refractivity contribution in [2.45, 2.75) is 19.4 Å². The SMILES string of the molecule is Cc1ccc(CC(N)c2ncccn2)nc1. The van der Waals surface area contributed by atoms with E-state index in [0.29, 0.717) is 12.2 Å². The van der Waals surface area contributed by atoms with Crippen molar-refractivity contribution in [3.8, 4) is 0 Å². The number of rotatable bonds is 3. The van der Waals surface area contributed by atoms with Gasteiger partial charge in [-0.25, -0.2) is 9.97 Å². The maximum absolute atomic E-state index is 6.00. The lowest BCUT2D eigenvalue weighted by Crippen LogP contribution is -2.16. The topological polar surface area (TPSA) is 64.7 Å². The predicted octanol–water partition coefficient (Wildman–Crippen LogP) is 1.42. The zero-order valence-corrected chi connectivity index (χ0v) is 9.17. The molecule has 2 N–H and O–H groups in total. The van der Waals surface area contributed by atoms with E-state index in [2.05, 4.69) is 15.0 Å². The number of pyridine rings is 1. The monoisotopic (exact) mass is 214 g/mol. The Kier molecular flexibility index (Phi) is 3.22. The molecule has 0 amide bonds. The lowest BCUT2D eigenvalue weighted by Gasteiger charge is -2.09. The fraction of sp³-hybridized carbons (Fsp3) is 0.250. The quantitative estimate of drug-likeness (QED) is 0.839. The summed E-state index contributed by atoms with van der Waals surface area (Å²) in [4.78, 5) is 12.6. The maximum atomic E-state index is 6.00. The fourth-order valence-electron chi connectivity index (χ4n) is 1.44. The highest BCUT2D eigenvalue weighted by Gasteiger charge is 2.09. The molecule has 4 nitrogen and oxygen atoms in total. The Hall–Kier alpha value is -1.81. The number of aromatic nitrogens is 3. The van der Waals surface area contributed by atoms with Gasteiger partial charge in [0.05, 0.1) is 6.04 Å². The van der Waals surface area contributed by atoms with Gasteiger partial charge in [-0.05, 0) is 24.6 Å². The first-order chi connectivity index (χ1) is 7.75. The van der Waals surface area contributed by atoms with Crippen molar-refractivity contribution in [3.05, 3.63) is 53.9 Å². The molecule has 1 unspecified atom stereocenters. The third-order valence-corrected chi connectivity index (χ3v) is 2.32. The zero-order valence-electron chi connectivity index (χ0n) is 9.17. The maximum Gasteiger partial charge on any atom is 0.145 e. The Morgan fingerprint density at radius 1 is 1.19 bits per heavy atom. The Balaban J connectivity index is 2.08. The van der Waals surface area contributed by atoms with Crippen molar-refractivity contribution in [3.63, 3.8) is 0 Å². The van der Waals surface area contributed by atoms with Crippen molar-refractivity contribution in [1.82, 2.24) is 15.0 Å². The van der Waals surface area contributed by atoms with Crippen molar-refractivity contribution < 1.29 is 0 Å². The van der Waals surface area contributed by atoms with Gasteiger partial charge < -0.3 is 5.73 Å². The summed E-state index contributed by atoms with van der Waals surface area (Å²) in [6.45, 7) is 2.01. The second-order valence-corrected chi connectivity index (χ2v) is 3.74. The molecule has 0 aliphatic rings. The highest BCUT2D eigenvalue weighted by Crippen LogP contribution is 2.10. The van der Waals surface area contributed by atoms with Gasteiger partial charge in [-0.15, -0.1) is 0 Å². The van der Waals surface area contributed by atoms with Gasteiger partial charge in [-0.3, -0.25) is 4.98 Å². The highest BCUT2D eigenvalue weighted by atomic mass is 14.9. The summed E-state index contributed by atoms with van der Waals surface area (Å²) in [7, 11) is 0. The highest BCUT2D eigenvalue weighted by molar-refractivity contribution is 5.14. The first kappa shape index (κ1) is 10.7. The average molecular weight is 214 g/mol. The molecule has 4 heteroatoms. The molecule has 2 aromatic heterocycles. The predicted molar refractivity (Wildman–Crippen MR) is 61.6 cm³/mol. The van der Waals surface area contributed by atoms with Gasteiger partial charge in [0.1, 0.15) is 5.82 Å². The number of hydrogen-bond donors (Lipinski definition) is 1. The zero-order chi connectivity index (χ0) is 11.4. The molecule has 2 aromatic rings. The summed E-state index contributed by atoms with van der Waals surface area (Å²) in [5.41, 5.74) is 8.11. The van der Waals surface area contributed by atoms with Crippen molar-refractivity contribution in [1.29, 1.82) is 0 Å². The van der Waals surface area contributed by atoms with Crippen LogP contribution in [0.4, 0.5) is 0 Å². The normalized spacial score (nSPS) is 12.4. The summed E-state index contributed by atoms with van der Waals surface area (Å²) >= 11 is 0. The summed E-state index contributed by atoms with van der Waals surface area (Å²) in [5, 5.41) is 0. The number of aryl methyl sites for hydroxylation is 1. The summed E-state index contributed by atoms with van der Waals surface area (Å²) < 4.78 is 0. The van der Waals surface area contributed by atoms with Crippen LogP contribution in [-0.4, -0.2) is 15.0 Å². The van der Waals surface area contributed by atoms with Crippen molar-refractivity contribution >= 4 is 0 Å². The summed E-state index contributed by atoms with van der Waals surface area (Å²) in [6.07, 6.45) is 5.90. The van der Waals surface area contributed by atoms with E-state index in [-0.39, 0.29) is 6.04 Å². The van der Waals surface area contributed by atoms with Gasteiger partial charge in [0.15, 0.2) is 0 Å². The Bertz CT molecular complexity index is 438. The van der Waals surface area contributed by atoms with Crippen LogP contribution in [-0.2, 0) is 6.42 Å². The molecule has 82 valence electrons. The molecular weight excluding hydrogens is 200 g/mol. The Morgan fingerprint density at radius 2 is 1.94 bits per heavy atom. The third-order valence-electron chi connectivity index (χ3n) is 2.32. The summed E-state index contributed by atoms with van der Waals surface area (Å²) in [5.74, 6) is 0.657. The fourth-order valence-corrected chi connectivity index (χ4v) is 1.44. The van der Waals surface area contributed by atoms with E-state index in [9.17, 15) is 0 Å². The molecule has 0 spiro atoms. The van der Waals surface area contributed by atoms with Crippen molar-refractivity contribution in [2.75, 3.05) is 0 Å². The minimum Gasteiger partial charge on any atom is -0.321 e. The van der Waals surface area contributed by atoms with Gasteiger partial charge >= 0.3 is 0 Å². The van der Waals surface area contributed by atoms with E-state index >= 15 is 0 Å². The van der Waals surface area contributed by atoms with E-state index in [1.165, 1.54) is 0 Å². The van der Waals surface area contributed by atoms with Crippen LogP contribution in [0.15, 0.2) is 36.8 Å². The van der Waals surface area contributed by atoms with E-state index < -0.39 is 0 Å². The molecule has 0 aromatic carbocycles. The Morgan fingerprint density at radius 3 is 2.56 bits per heavy atom. The third kappa shape index (κ3) is 2.61. The minimum absolute atomic E-state index is 0.198. The van der Waals surface area contributed by atoms with Gasteiger partial charge in [0.2, 0.25) is 0 Å². The average Bonchev–Trinajstić information content (AvgIpc) is 2.33. The second kappa shape index (κ2) is 4.81. The largest absolute Gasteiger partial charge is 0.321 e. The van der Waals surface area contributed by atoms with Crippen LogP contribution in [0.5, 0.6) is 0 Å². The smallest absolute Gasteiger partial charge is 0.145 e. The van der Waals surface area contributed by atoms with Crippen LogP contribution >= 0.6 is 0 Å². The second-order valence-electron chi connectivity index (χ2n) is 3.74. The number of nitrogens with zero attached hydrogens (tertiary/aromatic N) is 3. The molecule has 2 rings (SSSR count). The molecule has 0 radical (unpaired) electrons. The number of nitrogens with two attached hydrogens (primary N) is 1. The van der Waals surface area contributed by atoms with Crippen LogP contribution in [0.2, 0.25) is 0 Å². The molecule has 0 fully saturated rings. The lowest BCUT2D eigenvalue weighted by atomic mass is 10.1. The van der Waals surface area contributed by atoms with Gasteiger partial charge in [-0.1, -0.05) is 6.07 Å². The first-order valence-electron chi connectivity index (χ1n) is 5.20. The molecule has 0 aliphatic heterocycles. The lowest BCUT2D eigenvalue weighted by molar-refractivity contribution is 0.656. The molecule has 0 saturated carbocycles. The van der Waals surface area contributed by atoms with Gasteiger partial charge in [0, 0.05) is 30.7 Å². The van der Waals surface area contributed by atoms with Crippen LogP contribution < -0.4 is 5.73 Å². The van der Waals surface area contributed by atoms with Crippen LogP contribution in [0.1, 0.15) is 23.1 Å². The first-order valence-corrected chi connectivity index (χ1v) is 5.20. The van der Waals surface area contributed by atoms with E-state index in [0.717, 1.165) is 11.3 Å². The molecule has 0 bridgehead atoms. The Labute approximate surface area is 94.6 Å². The van der Waals surface area contributed by atoms with Crippen molar-refractivity contribution in [2.24, 2.45) is 5.73 Å². The number of hydrogen-bond acceptors (Lipinski definition) is 4. The summed E-state index contributed by atoms with van der Waals surface area (Å²) in [6, 6.07) is 5.59. The van der Waals surface area contributed by atoms with Crippen LogP contribution in [0, 0.1) is 6.92 Å². The minimum atomic E-state index is -0.198. The van der Waals surface area contributed by atoms with Crippen LogP contribution in [0.25, 0.3) is 0 Å². The molecule has 1 atom stereocenters. The van der Waals surface area contributed by atoms with E-state index in [4.69, 9.17) is 5.73 Å². The molecular formula is C12H14N4. The molecule has 0 saturated heterocycles. The standard InChI is InChI=1S/C12H14N4/c1-9-3-4-10(16-8-9)7-11(13)12-14-5-2-6-15-12/h2-6,8,11H,7,13H2,1H3. The van der Waals surface area contributed by atoms with E-state index in [1.54, 1.807) is 18.5 Å². The molecule has 16 heavy (non-hydrogen) atoms. The van der Waals surface area contributed by atoms with Gasteiger partial charge in [-0.2, -0.15) is 0 Å².